The van der Waals surface area contributed by atoms with Crippen LogP contribution in [0.1, 0.15) is 58.1 Å². The van der Waals surface area contributed by atoms with Gasteiger partial charge in [0.15, 0.2) is 0 Å². The fourth-order valence-corrected chi connectivity index (χ4v) is 4.70. The Labute approximate surface area is 210 Å². The number of carbonyl (C=O) groups excluding carboxylic acids is 2. The van der Waals surface area contributed by atoms with E-state index in [1.165, 1.54) is 4.90 Å². The minimum absolute atomic E-state index is 0.0264. The van der Waals surface area contributed by atoms with Crippen LogP contribution in [0.5, 0.6) is 0 Å². The lowest BCUT2D eigenvalue weighted by Crippen LogP contribution is -2.53. The van der Waals surface area contributed by atoms with Gasteiger partial charge in [0.25, 0.3) is 0 Å². The normalized spacial score (nSPS) is 13.2. The van der Waals surface area contributed by atoms with Crippen molar-refractivity contribution in [2.75, 3.05) is 23.7 Å². The van der Waals surface area contributed by atoms with Crippen LogP contribution in [0, 0.1) is 0 Å². The van der Waals surface area contributed by atoms with Gasteiger partial charge in [-0.25, -0.2) is 8.42 Å². The Balaban J connectivity index is 2.37. The van der Waals surface area contributed by atoms with E-state index in [2.05, 4.69) is 5.32 Å². The first-order valence-electron chi connectivity index (χ1n) is 12.2. The first-order valence-corrected chi connectivity index (χ1v) is 14.0. The summed E-state index contributed by atoms with van der Waals surface area (Å²) in [6.45, 7) is 9.45. The molecule has 0 aliphatic heterocycles. The van der Waals surface area contributed by atoms with E-state index in [-0.39, 0.29) is 24.4 Å². The van der Waals surface area contributed by atoms with Gasteiger partial charge < -0.3 is 10.2 Å². The molecule has 0 saturated carbocycles. The van der Waals surface area contributed by atoms with Crippen LogP contribution in [0.3, 0.4) is 0 Å². The molecule has 0 aliphatic rings. The van der Waals surface area contributed by atoms with Crippen LogP contribution in [-0.2, 0) is 26.0 Å². The van der Waals surface area contributed by atoms with Crippen molar-refractivity contribution in [3.63, 3.8) is 0 Å². The number of sulfonamides is 1. The SMILES string of the molecule is CC[C@H](C)NC(=O)[C@H](C)N(CCc1ccccc1)C(=O)CN(c1ccccc1C(C)C)S(C)(=O)=O. The zero-order valence-corrected chi connectivity index (χ0v) is 22.5. The second-order valence-electron chi connectivity index (χ2n) is 9.30. The van der Waals surface area contributed by atoms with Gasteiger partial charge in [0.1, 0.15) is 12.6 Å². The molecular weight excluding hydrogens is 462 g/mol. The number of anilines is 1. The summed E-state index contributed by atoms with van der Waals surface area (Å²) in [7, 11) is -3.75. The van der Waals surface area contributed by atoms with Crippen molar-refractivity contribution in [2.45, 2.75) is 65.5 Å². The van der Waals surface area contributed by atoms with Crippen LogP contribution in [0.2, 0.25) is 0 Å². The number of amides is 2. The fraction of sp³-hybridized carbons (Fsp3) is 0.481. The summed E-state index contributed by atoms with van der Waals surface area (Å²) >= 11 is 0. The van der Waals surface area contributed by atoms with Crippen LogP contribution >= 0.6 is 0 Å². The van der Waals surface area contributed by atoms with E-state index in [9.17, 15) is 18.0 Å². The molecule has 0 radical (unpaired) electrons. The molecule has 0 fully saturated rings. The van der Waals surface area contributed by atoms with Gasteiger partial charge in [-0.1, -0.05) is 69.3 Å². The molecule has 0 aliphatic carbocycles. The zero-order valence-electron chi connectivity index (χ0n) is 21.7. The van der Waals surface area contributed by atoms with Gasteiger partial charge in [-0.3, -0.25) is 13.9 Å². The van der Waals surface area contributed by atoms with E-state index >= 15 is 0 Å². The maximum Gasteiger partial charge on any atom is 0.244 e. The van der Waals surface area contributed by atoms with Gasteiger partial charge >= 0.3 is 0 Å². The lowest BCUT2D eigenvalue weighted by atomic mass is 10.0. The number of benzene rings is 2. The van der Waals surface area contributed by atoms with E-state index in [1.807, 2.05) is 70.2 Å². The number of carbonyl (C=O) groups is 2. The maximum atomic E-state index is 13.6. The van der Waals surface area contributed by atoms with Crippen molar-refractivity contribution < 1.29 is 18.0 Å². The van der Waals surface area contributed by atoms with Crippen LogP contribution in [0.15, 0.2) is 54.6 Å². The van der Waals surface area contributed by atoms with Crippen molar-refractivity contribution in [1.82, 2.24) is 10.2 Å². The summed E-state index contributed by atoms with van der Waals surface area (Å²) in [4.78, 5) is 28.0. The first kappa shape index (κ1) is 28.4. The minimum atomic E-state index is -3.75. The molecular formula is C27H39N3O4S. The summed E-state index contributed by atoms with van der Waals surface area (Å²) in [5.74, 6) is -0.606. The molecule has 0 heterocycles. The Morgan fingerprint density at radius 1 is 0.943 bits per heavy atom. The predicted octanol–water partition coefficient (Wildman–Crippen LogP) is 3.95. The number of hydrogen-bond donors (Lipinski definition) is 1. The van der Waals surface area contributed by atoms with Crippen LogP contribution in [0.4, 0.5) is 5.69 Å². The first-order chi connectivity index (χ1) is 16.5. The van der Waals surface area contributed by atoms with Crippen LogP contribution in [-0.4, -0.2) is 56.6 Å². The standard InChI is InChI=1S/C27H39N3O4S/c1-7-21(4)28-27(32)22(5)29(18-17-23-13-9-8-10-14-23)26(31)19-30(35(6,33)34)25-16-12-11-15-24(25)20(2)3/h8-16,20-22H,7,17-19H2,1-6H3,(H,28,32)/t21-,22-/m0/s1. The van der Waals surface area contributed by atoms with Crippen molar-refractivity contribution in [2.24, 2.45) is 0 Å². The molecule has 7 nitrogen and oxygen atoms in total. The molecule has 2 rings (SSSR count). The summed E-state index contributed by atoms with van der Waals surface area (Å²) < 4.78 is 26.8. The van der Waals surface area contributed by atoms with Crippen LogP contribution in [0.25, 0.3) is 0 Å². The van der Waals surface area contributed by atoms with Gasteiger partial charge in [0.05, 0.1) is 11.9 Å². The second-order valence-corrected chi connectivity index (χ2v) is 11.2. The Morgan fingerprint density at radius 3 is 2.11 bits per heavy atom. The molecule has 1 N–H and O–H groups in total. The molecule has 2 amide bonds. The molecule has 0 aromatic heterocycles. The summed E-state index contributed by atoms with van der Waals surface area (Å²) in [6, 6.07) is 16.1. The predicted molar refractivity (Wildman–Crippen MR) is 142 cm³/mol. The molecule has 0 spiro atoms. The maximum absolute atomic E-state index is 13.6. The van der Waals surface area contributed by atoms with Gasteiger partial charge in [-0.2, -0.15) is 0 Å². The Morgan fingerprint density at radius 2 is 1.54 bits per heavy atom. The van der Waals surface area contributed by atoms with E-state index in [1.54, 1.807) is 19.1 Å². The molecule has 0 unspecified atom stereocenters. The molecule has 0 saturated heterocycles. The number of nitrogens with zero attached hydrogens (tertiary/aromatic N) is 2. The van der Waals surface area contributed by atoms with Crippen molar-refractivity contribution in [3.05, 3.63) is 65.7 Å². The molecule has 2 aromatic rings. The van der Waals surface area contributed by atoms with E-state index in [4.69, 9.17) is 0 Å². The summed E-state index contributed by atoms with van der Waals surface area (Å²) in [6.07, 6.45) is 2.42. The smallest absolute Gasteiger partial charge is 0.244 e. The highest BCUT2D eigenvalue weighted by Gasteiger charge is 2.31. The lowest BCUT2D eigenvalue weighted by Gasteiger charge is -2.32. The van der Waals surface area contributed by atoms with Gasteiger partial charge in [0.2, 0.25) is 21.8 Å². The summed E-state index contributed by atoms with van der Waals surface area (Å²) in [5, 5.41) is 2.94. The Hall–Kier alpha value is -2.87. The van der Waals surface area contributed by atoms with Gasteiger partial charge in [-0.15, -0.1) is 0 Å². The Kier molecular flexibility index (Phi) is 10.3. The summed E-state index contributed by atoms with van der Waals surface area (Å²) in [5.41, 5.74) is 2.35. The average molecular weight is 502 g/mol. The number of rotatable bonds is 12. The van der Waals surface area contributed by atoms with Crippen molar-refractivity contribution in [3.8, 4) is 0 Å². The van der Waals surface area contributed by atoms with Gasteiger partial charge in [0, 0.05) is 12.6 Å². The highest BCUT2D eigenvalue weighted by atomic mass is 32.2. The third-order valence-corrected chi connectivity index (χ3v) is 7.29. The van der Waals surface area contributed by atoms with E-state index < -0.39 is 22.0 Å². The van der Waals surface area contributed by atoms with Crippen molar-refractivity contribution in [1.29, 1.82) is 0 Å². The molecule has 8 heteroatoms. The number of nitrogens with one attached hydrogen (secondary N) is 1. The highest BCUT2D eigenvalue weighted by molar-refractivity contribution is 7.92. The average Bonchev–Trinajstić information content (AvgIpc) is 2.82. The highest BCUT2D eigenvalue weighted by Crippen LogP contribution is 2.29. The molecule has 2 aromatic carbocycles. The lowest BCUT2D eigenvalue weighted by molar-refractivity contribution is -0.139. The second kappa shape index (κ2) is 12.7. The Bertz CT molecular complexity index is 1090. The molecule has 35 heavy (non-hydrogen) atoms. The largest absolute Gasteiger partial charge is 0.352 e. The van der Waals surface area contributed by atoms with Crippen LogP contribution < -0.4 is 9.62 Å². The molecule has 2 atom stereocenters. The molecule has 0 bridgehead atoms. The fourth-order valence-electron chi connectivity index (χ4n) is 3.83. The number of para-hydroxylation sites is 1. The monoisotopic (exact) mass is 501 g/mol. The molecule has 192 valence electrons. The zero-order chi connectivity index (χ0) is 26.2. The third kappa shape index (κ3) is 8.09. The van der Waals surface area contributed by atoms with E-state index in [0.717, 1.165) is 28.1 Å². The van der Waals surface area contributed by atoms with Crippen molar-refractivity contribution >= 4 is 27.5 Å². The minimum Gasteiger partial charge on any atom is -0.352 e. The quantitative estimate of drug-likeness (QED) is 0.477. The third-order valence-electron chi connectivity index (χ3n) is 6.16. The van der Waals surface area contributed by atoms with E-state index in [0.29, 0.717) is 18.7 Å². The van der Waals surface area contributed by atoms with Gasteiger partial charge in [-0.05, 0) is 49.8 Å². The number of hydrogen-bond acceptors (Lipinski definition) is 4. The topological polar surface area (TPSA) is 86.8 Å².